The molecule has 2 aromatic carbocycles. The van der Waals surface area contributed by atoms with Gasteiger partial charge in [0.15, 0.2) is 5.82 Å². The highest BCUT2D eigenvalue weighted by atomic mass is 35.5. The van der Waals surface area contributed by atoms with Crippen molar-refractivity contribution in [1.29, 1.82) is 0 Å². The van der Waals surface area contributed by atoms with Crippen molar-refractivity contribution < 1.29 is 18.3 Å². The van der Waals surface area contributed by atoms with E-state index in [-0.39, 0.29) is 38.7 Å². The number of carbonyl (C=O) groups excluding carboxylic acids is 1. The Hall–Kier alpha value is -3.26. The van der Waals surface area contributed by atoms with Gasteiger partial charge in [0.05, 0.1) is 28.6 Å². The van der Waals surface area contributed by atoms with E-state index in [0.717, 1.165) is 0 Å². The van der Waals surface area contributed by atoms with Crippen LogP contribution in [0.4, 0.5) is 14.6 Å². The number of hydrogen-bond donors (Lipinski definition) is 0. The standard InChI is InChI=1S/C22H19ClF2N4O2/c1-3-17(30)28-7-9-29(10-8-28)22-19-15(26-12-27-22)11-13(20(23)21(19)25)18-14(24)5-4-6-16(18)31-2/h3-6,11-12H,1,7-10H2,2H3. The van der Waals surface area contributed by atoms with E-state index in [2.05, 4.69) is 16.5 Å². The minimum atomic E-state index is -0.736. The number of amides is 1. The lowest BCUT2D eigenvalue weighted by atomic mass is 10.0. The average molecular weight is 445 g/mol. The van der Waals surface area contributed by atoms with E-state index in [9.17, 15) is 9.18 Å². The monoisotopic (exact) mass is 444 g/mol. The van der Waals surface area contributed by atoms with Gasteiger partial charge in [-0.15, -0.1) is 0 Å². The summed E-state index contributed by atoms with van der Waals surface area (Å²) < 4.78 is 35.3. The Balaban J connectivity index is 1.80. The lowest BCUT2D eigenvalue weighted by Gasteiger charge is -2.35. The highest BCUT2D eigenvalue weighted by molar-refractivity contribution is 6.34. The van der Waals surface area contributed by atoms with Crippen molar-refractivity contribution in [2.75, 3.05) is 38.2 Å². The molecule has 1 amide bonds. The Morgan fingerprint density at radius 2 is 1.97 bits per heavy atom. The fraction of sp³-hybridized carbons (Fsp3) is 0.227. The maximum absolute atomic E-state index is 15.5. The van der Waals surface area contributed by atoms with Gasteiger partial charge in [0.25, 0.3) is 0 Å². The molecule has 0 spiro atoms. The van der Waals surface area contributed by atoms with Gasteiger partial charge in [-0.1, -0.05) is 24.2 Å². The molecular formula is C22H19ClF2N4O2. The van der Waals surface area contributed by atoms with E-state index in [1.165, 1.54) is 37.7 Å². The number of benzene rings is 2. The number of fused-ring (bicyclic) bond motifs is 1. The number of anilines is 1. The predicted octanol–water partition coefficient (Wildman–Crippen LogP) is 4.07. The van der Waals surface area contributed by atoms with E-state index in [0.29, 0.717) is 32.0 Å². The molecule has 4 rings (SSSR count). The second-order valence-electron chi connectivity index (χ2n) is 6.98. The zero-order valence-corrected chi connectivity index (χ0v) is 17.5. The number of rotatable bonds is 4. The molecule has 0 bridgehead atoms. The highest BCUT2D eigenvalue weighted by Crippen LogP contribution is 2.42. The molecule has 6 nitrogen and oxygen atoms in total. The van der Waals surface area contributed by atoms with Crippen LogP contribution in [0.3, 0.4) is 0 Å². The minimum absolute atomic E-state index is 0.0625. The van der Waals surface area contributed by atoms with Crippen LogP contribution in [0.2, 0.25) is 5.02 Å². The van der Waals surface area contributed by atoms with Gasteiger partial charge in [0.1, 0.15) is 23.7 Å². The Morgan fingerprint density at radius 1 is 1.23 bits per heavy atom. The molecule has 2 heterocycles. The third-order valence-electron chi connectivity index (χ3n) is 5.32. The first-order valence-electron chi connectivity index (χ1n) is 9.58. The summed E-state index contributed by atoms with van der Waals surface area (Å²) in [6.45, 7) is 5.34. The molecule has 1 aromatic heterocycles. The lowest BCUT2D eigenvalue weighted by Crippen LogP contribution is -2.48. The van der Waals surface area contributed by atoms with Gasteiger partial charge in [-0.25, -0.2) is 18.7 Å². The van der Waals surface area contributed by atoms with E-state index in [1.807, 2.05) is 4.90 Å². The summed E-state index contributed by atoms with van der Waals surface area (Å²) in [7, 11) is 1.40. The van der Waals surface area contributed by atoms with Crippen LogP contribution in [-0.2, 0) is 4.79 Å². The largest absolute Gasteiger partial charge is 0.496 e. The average Bonchev–Trinajstić information content (AvgIpc) is 2.80. The second-order valence-corrected chi connectivity index (χ2v) is 7.36. The van der Waals surface area contributed by atoms with Crippen molar-refractivity contribution in [3.05, 3.63) is 59.9 Å². The normalized spacial score (nSPS) is 14.1. The van der Waals surface area contributed by atoms with Gasteiger partial charge in [0.2, 0.25) is 5.91 Å². The summed E-state index contributed by atoms with van der Waals surface area (Å²) in [6.07, 6.45) is 2.60. The van der Waals surface area contributed by atoms with Crippen molar-refractivity contribution in [2.24, 2.45) is 0 Å². The smallest absolute Gasteiger partial charge is 0.246 e. The van der Waals surface area contributed by atoms with Crippen LogP contribution in [0.25, 0.3) is 22.0 Å². The molecule has 0 atom stereocenters. The molecule has 0 aliphatic carbocycles. The van der Waals surface area contributed by atoms with Gasteiger partial charge in [-0.3, -0.25) is 4.79 Å². The van der Waals surface area contributed by atoms with Gasteiger partial charge in [-0.2, -0.15) is 0 Å². The molecule has 0 unspecified atom stereocenters. The molecule has 0 radical (unpaired) electrons. The highest BCUT2D eigenvalue weighted by Gasteiger charge is 2.26. The quantitative estimate of drug-likeness (QED) is 0.568. The molecule has 9 heteroatoms. The summed E-state index contributed by atoms with van der Waals surface area (Å²) in [6, 6.07) is 5.86. The molecule has 3 aromatic rings. The maximum Gasteiger partial charge on any atom is 0.246 e. The predicted molar refractivity (Wildman–Crippen MR) is 115 cm³/mol. The summed E-state index contributed by atoms with van der Waals surface area (Å²) in [5.41, 5.74) is 0.497. The summed E-state index contributed by atoms with van der Waals surface area (Å²) in [5.74, 6) is -0.859. The molecule has 1 aliphatic heterocycles. The SMILES string of the molecule is C=CC(=O)N1CCN(c2ncnc3cc(-c4c(F)cccc4OC)c(Cl)c(F)c23)CC1. The number of ether oxygens (including phenoxy) is 1. The topological polar surface area (TPSA) is 58.6 Å². The van der Waals surface area contributed by atoms with Crippen LogP contribution in [0, 0.1) is 11.6 Å². The van der Waals surface area contributed by atoms with Crippen LogP contribution in [-0.4, -0.2) is 54.1 Å². The fourth-order valence-electron chi connectivity index (χ4n) is 3.76. The molecular weight excluding hydrogens is 426 g/mol. The Labute approximate surface area is 182 Å². The summed E-state index contributed by atoms with van der Waals surface area (Å²) >= 11 is 6.37. The molecule has 0 N–H and O–H groups in total. The van der Waals surface area contributed by atoms with Crippen LogP contribution in [0.15, 0.2) is 43.2 Å². The molecule has 1 saturated heterocycles. The summed E-state index contributed by atoms with van der Waals surface area (Å²) in [5, 5.41) is -0.0949. The van der Waals surface area contributed by atoms with Crippen molar-refractivity contribution in [3.63, 3.8) is 0 Å². The first-order chi connectivity index (χ1) is 15.0. The number of piperazine rings is 1. The number of methoxy groups -OCH3 is 1. The van der Waals surface area contributed by atoms with Crippen LogP contribution in [0.5, 0.6) is 5.75 Å². The lowest BCUT2D eigenvalue weighted by molar-refractivity contribution is -0.126. The van der Waals surface area contributed by atoms with Gasteiger partial charge in [-0.05, 0) is 24.3 Å². The van der Waals surface area contributed by atoms with Crippen LogP contribution >= 0.6 is 11.6 Å². The Kier molecular flexibility index (Phi) is 5.73. The van der Waals surface area contributed by atoms with E-state index < -0.39 is 11.6 Å². The fourth-order valence-corrected chi connectivity index (χ4v) is 4.01. The van der Waals surface area contributed by atoms with Crippen molar-refractivity contribution >= 4 is 34.2 Å². The molecule has 160 valence electrons. The number of nitrogens with zero attached hydrogens (tertiary/aromatic N) is 4. The number of aromatic nitrogens is 2. The third kappa shape index (κ3) is 3.67. The van der Waals surface area contributed by atoms with E-state index in [1.54, 1.807) is 11.0 Å². The van der Waals surface area contributed by atoms with Crippen molar-refractivity contribution in [3.8, 4) is 16.9 Å². The maximum atomic E-state index is 15.5. The molecule has 31 heavy (non-hydrogen) atoms. The van der Waals surface area contributed by atoms with Gasteiger partial charge >= 0.3 is 0 Å². The zero-order valence-electron chi connectivity index (χ0n) is 16.7. The van der Waals surface area contributed by atoms with Gasteiger partial charge < -0.3 is 14.5 Å². The van der Waals surface area contributed by atoms with Crippen molar-refractivity contribution in [1.82, 2.24) is 14.9 Å². The number of halogens is 3. The molecule has 0 saturated carbocycles. The first-order valence-corrected chi connectivity index (χ1v) is 9.96. The second kappa shape index (κ2) is 8.47. The Bertz CT molecular complexity index is 1180. The third-order valence-corrected chi connectivity index (χ3v) is 5.69. The number of hydrogen-bond acceptors (Lipinski definition) is 5. The van der Waals surface area contributed by atoms with Crippen molar-refractivity contribution in [2.45, 2.75) is 0 Å². The Morgan fingerprint density at radius 3 is 2.65 bits per heavy atom. The van der Waals surface area contributed by atoms with E-state index >= 15 is 4.39 Å². The summed E-state index contributed by atoms with van der Waals surface area (Å²) in [4.78, 5) is 23.8. The molecule has 1 aliphatic rings. The zero-order chi connectivity index (χ0) is 22.1. The van der Waals surface area contributed by atoms with Crippen LogP contribution in [0.1, 0.15) is 0 Å². The number of carbonyl (C=O) groups is 1. The first kappa shape index (κ1) is 21.0. The van der Waals surface area contributed by atoms with Crippen LogP contribution < -0.4 is 9.64 Å². The van der Waals surface area contributed by atoms with E-state index in [4.69, 9.17) is 16.3 Å². The van der Waals surface area contributed by atoms with Gasteiger partial charge in [0, 0.05) is 31.7 Å². The minimum Gasteiger partial charge on any atom is -0.496 e. The molecule has 1 fully saturated rings.